The van der Waals surface area contributed by atoms with E-state index in [1.165, 1.54) is 4.90 Å². The van der Waals surface area contributed by atoms with Gasteiger partial charge in [0.15, 0.2) is 6.61 Å². The Bertz CT molecular complexity index is 1170. The summed E-state index contributed by atoms with van der Waals surface area (Å²) in [6, 6.07) is 9.73. The average Bonchev–Trinajstić information content (AvgIpc) is 3.21. The number of ether oxygens (including phenoxy) is 1. The molecule has 2 aliphatic heterocycles. The van der Waals surface area contributed by atoms with E-state index < -0.39 is 11.6 Å². The Labute approximate surface area is 181 Å². The van der Waals surface area contributed by atoms with Crippen LogP contribution in [-0.2, 0) is 27.2 Å². The van der Waals surface area contributed by atoms with Crippen LogP contribution in [0.5, 0.6) is 5.75 Å². The van der Waals surface area contributed by atoms with E-state index in [1.807, 2.05) is 6.07 Å². The lowest BCUT2D eigenvalue weighted by atomic mass is 9.96. The van der Waals surface area contributed by atoms with Crippen LogP contribution in [0.25, 0.3) is 0 Å². The van der Waals surface area contributed by atoms with Crippen LogP contribution < -0.4 is 25.6 Å². The number of nitrogens with one attached hydrogen (secondary N) is 3. The van der Waals surface area contributed by atoms with E-state index in [0.29, 0.717) is 35.0 Å². The highest BCUT2D eigenvalue weighted by atomic mass is 35.5. The number of anilines is 2. The largest absolute Gasteiger partial charge is 0.482 e. The Morgan fingerprint density at radius 1 is 1.13 bits per heavy atom. The Morgan fingerprint density at radius 3 is 2.71 bits per heavy atom. The van der Waals surface area contributed by atoms with Crippen LogP contribution in [0.1, 0.15) is 11.1 Å². The van der Waals surface area contributed by atoms with Gasteiger partial charge in [-0.1, -0.05) is 17.7 Å². The normalized spacial score (nSPS) is 21.3. The molecule has 1 saturated heterocycles. The molecule has 3 N–H and O–H groups in total. The summed E-state index contributed by atoms with van der Waals surface area (Å²) in [6.45, 7) is -0.356. The maximum absolute atomic E-state index is 12.7. The maximum atomic E-state index is 12.7. The quantitative estimate of drug-likeness (QED) is 0.623. The first kappa shape index (κ1) is 19.4. The zero-order valence-corrected chi connectivity index (χ0v) is 16.9. The van der Waals surface area contributed by atoms with Crippen molar-refractivity contribution < 1.29 is 23.9 Å². The minimum Gasteiger partial charge on any atom is -0.482 e. The Kier molecular flexibility index (Phi) is 4.37. The van der Waals surface area contributed by atoms with E-state index in [9.17, 15) is 19.2 Å². The highest BCUT2D eigenvalue weighted by Crippen LogP contribution is 2.35. The van der Waals surface area contributed by atoms with E-state index in [2.05, 4.69) is 16.0 Å². The van der Waals surface area contributed by atoms with Gasteiger partial charge in [-0.25, -0.2) is 4.79 Å². The Balaban J connectivity index is 1.31. The number of amides is 5. The molecule has 1 spiro atoms. The first-order chi connectivity index (χ1) is 14.8. The zero-order valence-electron chi connectivity index (χ0n) is 16.2. The molecule has 0 aromatic heterocycles. The molecule has 1 unspecified atom stereocenters. The number of carbonyl (C=O) groups excluding carboxylic acids is 4. The number of nitrogens with zero attached hydrogens (tertiary/aromatic N) is 1. The highest BCUT2D eigenvalue weighted by Gasteiger charge is 2.50. The van der Waals surface area contributed by atoms with Crippen molar-refractivity contribution in [2.45, 2.75) is 18.4 Å². The molecule has 2 aromatic carbocycles. The molecule has 2 aromatic rings. The summed E-state index contributed by atoms with van der Waals surface area (Å²) in [5.74, 6) is -0.594. The highest BCUT2D eigenvalue weighted by molar-refractivity contribution is 6.31. The number of benzene rings is 2. The van der Waals surface area contributed by atoms with Crippen LogP contribution in [0.15, 0.2) is 36.4 Å². The predicted octanol–water partition coefficient (Wildman–Crippen LogP) is 1.38. The molecule has 5 rings (SSSR count). The summed E-state index contributed by atoms with van der Waals surface area (Å²) in [4.78, 5) is 50.1. The molecule has 0 saturated carbocycles. The van der Waals surface area contributed by atoms with Crippen LogP contribution in [0.2, 0.25) is 5.02 Å². The third kappa shape index (κ3) is 3.36. The van der Waals surface area contributed by atoms with Gasteiger partial charge in [-0.3, -0.25) is 24.6 Å². The number of imide groups is 1. The third-order valence-electron chi connectivity index (χ3n) is 5.65. The fraction of sp³-hybridized carbons (Fsp3) is 0.238. The molecule has 31 heavy (non-hydrogen) atoms. The first-order valence-corrected chi connectivity index (χ1v) is 9.99. The van der Waals surface area contributed by atoms with Gasteiger partial charge in [0.25, 0.3) is 11.8 Å². The van der Waals surface area contributed by atoms with E-state index in [1.54, 1.807) is 30.3 Å². The monoisotopic (exact) mass is 440 g/mol. The van der Waals surface area contributed by atoms with Gasteiger partial charge < -0.3 is 15.4 Å². The SMILES string of the molecule is O=C(CN1C(=O)COc2ccc(Cl)cc21)Nc1ccc2c(c1)CC1(C2)NC(=O)NC1=O. The molecule has 0 radical (unpaired) electrons. The molecule has 1 atom stereocenters. The molecule has 1 aliphatic carbocycles. The number of fused-ring (bicyclic) bond motifs is 2. The second kappa shape index (κ2) is 6.98. The lowest BCUT2D eigenvalue weighted by molar-refractivity contribution is -0.124. The second-order valence-corrected chi connectivity index (χ2v) is 8.19. The van der Waals surface area contributed by atoms with Crippen LogP contribution >= 0.6 is 11.6 Å². The standard InChI is InChI=1S/C21H17ClN4O5/c22-13-2-4-16-15(6-13)26(18(28)10-31-16)9-17(27)23-14-3-1-11-7-21(8-12(11)5-14)19(29)24-20(30)25-21/h1-6H,7-10H2,(H,23,27)(H2,24,25,29,30). The molecule has 3 aliphatic rings. The van der Waals surface area contributed by atoms with Crippen LogP contribution in [0.3, 0.4) is 0 Å². The van der Waals surface area contributed by atoms with E-state index in [4.69, 9.17) is 16.3 Å². The maximum Gasteiger partial charge on any atom is 0.322 e. The summed E-state index contributed by atoms with van der Waals surface area (Å²) >= 11 is 6.03. The lowest BCUT2D eigenvalue weighted by Gasteiger charge is -2.29. The van der Waals surface area contributed by atoms with Crippen LogP contribution in [-0.4, -0.2) is 42.4 Å². The molecule has 1 fully saturated rings. The van der Waals surface area contributed by atoms with Gasteiger partial charge in [0.1, 0.15) is 17.8 Å². The third-order valence-corrected chi connectivity index (χ3v) is 5.89. The van der Waals surface area contributed by atoms with Gasteiger partial charge in [0, 0.05) is 23.6 Å². The van der Waals surface area contributed by atoms with Gasteiger partial charge >= 0.3 is 6.03 Å². The van der Waals surface area contributed by atoms with E-state index in [-0.39, 0.29) is 30.9 Å². The second-order valence-electron chi connectivity index (χ2n) is 7.76. The fourth-order valence-electron chi connectivity index (χ4n) is 4.22. The molecule has 5 amide bonds. The van der Waals surface area contributed by atoms with Gasteiger partial charge in [-0.15, -0.1) is 0 Å². The lowest BCUT2D eigenvalue weighted by Crippen LogP contribution is -2.47. The minimum atomic E-state index is -0.967. The van der Waals surface area contributed by atoms with E-state index in [0.717, 1.165) is 11.1 Å². The van der Waals surface area contributed by atoms with Crippen molar-refractivity contribution in [3.05, 3.63) is 52.5 Å². The van der Waals surface area contributed by atoms with Crippen LogP contribution in [0, 0.1) is 0 Å². The molecular formula is C21H17ClN4O5. The zero-order chi connectivity index (χ0) is 21.8. The number of hydrogen-bond acceptors (Lipinski definition) is 5. The van der Waals surface area contributed by atoms with Gasteiger partial charge in [0.05, 0.1) is 5.69 Å². The van der Waals surface area contributed by atoms with Gasteiger partial charge in [0.2, 0.25) is 5.91 Å². The summed E-state index contributed by atoms with van der Waals surface area (Å²) in [6.07, 6.45) is 0.741. The van der Waals surface area contributed by atoms with Crippen LogP contribution in [0.4, 0.5) is 16.2 Å². The summed E-state index contributed by atoms with van der Waals surface area (Å²) in [5, 5.41) is 8.20. The molecular weight excluding hydrogens is 424 g/mol. The topological polar surface area (TPSA) is 117 Å². The number of urea groups is 1. The van der Waals surface area contributed by atoms with Crippen molar-refractivity contribution in [2.24, 2.45) is 0 Å². The van der Waals surface area contributed by atoms with Gasteiger partial charge in [-0.05, 0) is 41.5 Å². The minimum absolute atomic E-state index is 0.156. The summed E-state index contributed by atoms with van der Waals surface area (Å²) in [7, 11) is 0. The number of halogens is 1. The molecule has 158 valence electrons. The van der Waals surface area contributed by atoms with Crippen molar-refractivity contribution >= 4 is 46.7 Å². The van der Waals surface area contributed by atoms with Crippen molar-refractivity contribution in [1.29, 1.82) is 0 Å². The number of hydrogen-bond donors (Lipinski definition) is 3. The first-order valence-electron chi connectivity index (χ1n) is 9.61. The Hall–Kier alpha value is -3.59. The summed E-state index contributed by atoms with van der Waals surface area (Å²) < 4.78 is 5.39. The number of rotatable bonds is 3. The van der Waals surface area contributed by atoms with Gasteiger partial charge in [-0.2, -0.15) is 0 Å². The fourth-order valence-corrected chi connectivity index (χ4v) is 4.39. The molecule has 2 heterocycles. The average molecular weight is 441 g/mol. The number of carbonyl (C=O) groups is 4. The van der Waals surface area contributed by atoms with Crippen molar-refractivity contribution in [3.63, 3.8) is 0 Å². The van der Waals surface area contributed by atoms with Crippen molar-refractivity contribution in [1.82, 2.24) is 10.6 Å². The molecule has 10 heteroatoms. The van der Waals surface area contributed by atoms with Crippen molar-refractivity contribution in [2.75, 3.05) is 23.4 Å². The smallest absolute Gasteiger partial charge is 0.322 e. The van der Waals surface area contributed by atoms with E-state index >= 15 is 0 Å². The molecule has 9 nitrogen and oxygen atoms in total. The Morgan fingerprint density at radius 2 is 1.94 bits per heavy atom. The summed E-state index contributed by atoms with van der Waals surface area (Å²) in [5.41, 5.74) is 1.82. The van der Waals surface area contributed by atoms with Crippen molar-refractivity contribution in [3.8, 4) is 5.75 Å². The molecule has 0 bridgehead atoms. The predicted molar refractivity (Wildman–Crippen MR) is 111 cm³/mol.